The second-order valence-electron chi connectivity index (χ2n) is 4.94. The summed E-state index contributed by atoms with van der Waals surface area (Å²) in [6.07, 6.45) is 2.85. The van der Waals surface area contributed by atoms with E-state index in [1.807, 2.05) is 24.3 Å². The van der Waals surface area contributed by atoms with E-state index in [0.29, 0.717) is 5.92 Å². The Hall–Kier alpha value is -0.660. The molecule has 1 saturated carbocycles. The molecule has 1 aliphatic carbocycles. The van der Waals surface area contributed by atoms with Crippen LogP contribution in [-0.4, -0.2) is 9.46 Å². The summed E-state index contributed by atoms with van der Waals surface area (Å²) in [6.45, 7) is 2.18. The topological polar surface area (TPSA) is 40.9 Å². The Morgan fingerprint density at radius 2 is 2.00 bits per heavy atom. The molecule has 0 aromatic heterocycles. The summed E-state index contributed by atoms with van der Waals surface area (Å²) >= 11 is 3.37. The largest absolute Gasteiger partial charge is 0.254 e. The van der Waals surface area contributed by atoms with Gasteiger partial charge in [0.05, 0.1) is 28.0 Å². The van der Waals surface area contributed by atoms with Crippen LogP contribution < -0.4 is 0 Å². The van der Waals surface area contributed by atoms with Gasteiger partial charge in [0.1, 0.15) is 0 Å². The van der Waals surface area contributed by atoms with Gasteiger partial charge in [0.25, 0.3) is 0 Å². The molecule has 0 saturated heterocycles. The Balaban J connectivity index is 2.21. The molecule has 0 radical (unpaired) electrons. The molecule has 1 aromatic rings. The summed E-state index contributed by atoms with van der Waals surface area (Å²) in [4.78, 5) is 0.831. The molecule has 2 rings (SSSR count). The zero-order valence-electron chi connectivity index (χ0n) is 10.3. The summed E-state index contributed by atoms with van der Waals surface area (Å²) in [7, 11) is -1.07. The lowest BCUT2D eigenvalue weighted by Crippen LogP contribution is -2.31. The first-order valence-electron chi connectivity index (χ1n) is 6.17. The number of nitrogens with zero attached hydrogens (tertiary/aromatic N) is 1. The van der Waals surface area contributed by atoms with Crippen LogP contribution in [0.4, 0.5) is 0 Å². The molecule has 1 fully saturated rings. The summed E-state index contributed by atoms with van der Waals surface area (Å²) in [5.41, 5.74) is 0. The van der Waals surface area contributed by atoms with Gasteiger partial charge in [-0.2, -0.15) is 5.26 Å². The maximum atomic E-state index is 12.6. The lowest BCUT2D eigenvalue weighted by atomic mass is 9.83. The molecule has 0 N–H and O–H groups in total. The van der Waals surface area contributed by atoms with Crippen molar-refractivity contribution in [2.24, 2.45) is 11.8 Å². The zero-order chi connectivity index (χ0) is 13.1. The van der Waals surface area contributed by atoms with Gasteiger partial charge in [0.15, 0.2) is 0 Å². The highest BCUT2D eigenvalue weighted by Crippen LogP contribution is 2.34. The van der Waals surface area contributed by atoms with Crippen molar-refractivity contribution in [2.45, 2.75) is 36.3 Å². The predicted molar refractivity (Wildman–Crippen MR) is 76.5 cm³/mol. The molecule has 2 nitrogen and oxygen atoms in total. The van der Waals surface area contributed by atoms with Gasteiger partial charge in [-0.05, 0) is 49.4 Å². The summed E-state index contributed by atoms with van der Waals surface area (Å²) in [6, 6.07) is 9.91. The van der Waals surface area contributed by atoms with Gasteiger partial charge in [-0.25, -0.2) is 0 Å². The van der Waals surface area contributed by atoms with Gasteiger partial charge < -0.3 is 0 Å². The number of rotatable bonds is 2. The van der Waals surface area contributed by atoms with Crippen molar-refractivity contribution < 1.29 is 4.21 Å². The lowest BCUT2D eigenvalue weighted by Gasteiger charge is -2.30. The van der Waals surface area contributed by atoms with E-state index in [0.717, 1.165) is 28.6 Å². The fraction of sp³-hybridized carbons (Fsp3) is 0.500. The second-order valence-corrected chi connectivity index (χ2v) is 7.53. The van der Waals surface area contributed by atoms with Gasteiger partial charge >= 0.3 is 0 Å². The fourth-order valence-corrected chi connectivity index (χ4v) is 4.47. The number of halogens is 1. The zero-order valence-corrected chi connectivity index (χ0v) is 12.7. The molecule has 4 atom stereocenters. The van der Waals surface area contributed by atoms with E-state index in [4.69, 9.17) is 0 Å². The Bertz CT molecular complexity index is 480. The van der Waals surface area contributed by atoms with Gasteiger partial charge in [-0.3, -0.25) is 4.21 Å². The lowest BCUT2D eigenvalue weighted by molar-refractivity contribution is 0.341. The Kier molecular flexibility index (Phi) is 4.58. The van der Waals surface area contributed by atoms with Crippen molar-refractivity contribution >= 4 is 26.7 Å². The molecule has 1 aromatic carbocycles. The molecule has 4 unspecified atom stereocenters. The van der Waals surface area contributed by atoms with E-state index < -0.39 is 10.8 Å². The van der Waals surface area contributed by atoms with Gasteiger partial charge in [0.2, 0.25) is 0 Å². The van der Waals surface area contributed by atoms with Gasteiger partial charge in [0, 0.05) is 9.37 Å². The van der Waals surface area contributed by atoms with Crippen LogP contribution in [0.1, 0.15) is 26.2 Å². The summed E-state index contributed by atoms with van der Waals surface area (Å²) < 4.78 is 13.6. The van der Waals surface area contributed by atoms with Crippen LogP contribution in [0.15, 0.2) is 33.6 Å². The normalized spacial score (nSPS) is 29.5. The monoisotopic (exact) mass is 325 g/mol. The number of benzene rings is 1. The van der Waals surface area contributed by atoms with E-state index in [1.54, 1.807) is 0 Å². The van der Waals surface area contributed by atoms with E-state index in [9.17, 15) is 9.47 Å². The van der Waals surface area contributed by atoms with Crippen molar-refractivity contribution in [3.05, 3.63) is 28.7 Å². The molecular formula is C14H16BrNOS. The first-order valence-corrected chi connectivity index (χ1v) is 8.18. The molecule has 1 aliphatic rings. The molecule has 0 spiro atoms. The third-order valence-electron chi connectivity index (χ3n) is 3.54. The highest BCUT2D eigenvalue weighted by Gasteiger charge is 2.33. The third-order valence-corrected chi connectivity index (χ3v) is 5.88. The van der Waals surface area contributed by atoms with Crippen molar-refractivity contribution in [1.82, 2.24) is 0 Å². The molecule has 0 bridgehead atoms. The minimum Gasteiger partial charge on any atom is -0.254 e. The van der Waals surface area contributed by atoms with E-state index >= 15 is 0 Å². The number of hydrogen-bond donors (Lipinski definition) is 0. The van der Waals surface area contributed by atoms with Crippen molar-refractivity contribution in [1.29, 1.82) is 5.26 Å². The van der Waals surface area contributed by atoms with Crippen LogP contribution in [0, 0.1) is 23.2 Å². The average molecular weight is 326 g/mol. The SMILES string of the molecule is CC1CCC(C#N)C(S(=O)c2ccc(Br)cc2)C1. The Morgan fingerprint density at radius 3 is 2.61 bits per heavy atom. The standard InChI is InChI=1S/C14H16BrNOS/c1-10-2-3-11(9-16)14(8-10)18(17)13-6-4-12(15)5-7-13/h4-7,10-11,14H,2-3,8H2,1H3. The fourth-order valence-electron chi connectivity index (χ4n) is 2.46. The van der Waals surface area contributed by atoms with Crippen molar-refractivity contribution in [3.8, 4) is 6.07 Å². The van der Waals surface area contributed by atoms with E-state index in [1.165, 1.54) is 0 Å². The average Bonchev–Trinajstić information content (AvgIpc) is 2.39. The third kappa shape index (κ3) is 3.02. The number of nitriles is 1. The molecule has 4 heteroatoms. The Labute approximate surface area is 119 Å². The molecule has 0 heterocycles. The quantitative estimate of drug-likeness (QED) is 0.827. The van der Waals surface area contributed by atoms with Crippen LogP contribution in [0.25, 0.3) is 0 Å². The smallest absolute Gasteiger partial charge is 0.0668 e. The molecule has 18 heavy (non-hydrogen) atoms. The minimum atomic E-state index is -1.07. The maximum Gasteiger partial charge on any atom is 0.0668 e. The minimum absolute atomic E-state index is 0.0140. The van der Waals surface area contributed by atoms with Gasteiger partial charge in [-0.15, -0.1) is 0 Å². The first-order chi connectivity index (χ1) is 8.61. The van der Waals surface area contributed by atoms with Crippen molar-refractivity contribution in [2.75, 3.05) is 0 Å². The Morgan fingerprint density at radius 1 is 1.33 bits per heavy atom. The van der Waals surface area contributed by atoms with Crippen LogP contribution in [0.2, 0.25) is 0 Å². The van der Waals surface area contributed by atoms with E-state index in [2.05, 4.69) is 28.9 Å². The van der Waals surface area contributed by atoms with E-state index in [-0.39, 0.29) is 11.2 Å². The van der Waals surface area contributed by atoms with Crippen LogP contribution >= 0.6 is 15.9 Å². The summed E-state index contributed by atoms with van der Waals surface area (Å²) in [5.74, 6) is 0.504. The molecule has 0 aliphatic heterocycles. The maximum absolute atomic E-state index is 12.6. The molecule has 96 valence electrons. The molecule has 0 amide bonds. The predicted octanol–water partition coefficient (Wildman–Crippen LogP) is 3.89. The molecular weight excluding hydrogens is 310 g/mol. The highest BCUT2D eigenvalue weighted by molar-refractivity contribution is 9.10. The van der Waals surface area contributed by atoms with Crippen LogP contribution in [0.3, 0.4) is 0 Å². The van der Waals surface area contributed by atoms with Crippen LogP contribution in [0.5, 0.6) is 0 Å². The van der Waals surface area contributed by atoms with Crippen molar-refractivity contribution in [3.63, 3.8) is 0 Å². The van der Waals surface area contributed by atoms with Gasteiger partial charge in [-0.1, -0.05) is 22.9 Å². The van der Waals surface area contributed by atoms with Crippen LogP contribution in [-0.2, 0) is 10.8 Å². The first kappa shape index (κ1) is 13.8. The number of hydrogen-bond acceptors (Lipinski definition) is 2. The second kappa shape index (κ2) is 5.99. The highest BCUT2D eigenvalue weighted by atomic mass is 79.9. The summed E-state index contributed by atoms with van der Waals surface area (Å²) in [5, 5.41) is 9.18.